The van der Waals surface area contributed by atoms with Crippen LogP contribution in [0.4, 0.5) is 22.7 Å². The molecule has 2 heterocycles. The summed E-state index contributed by atoms with van der Waals surface area (Å²) in [5, 5.41) is 8.28. The fraction of sp³-hybridized carbons (Fsp3) is 0.309. The second kappa shape index (κ2) is 19.4. The van der Waals surface area contributed by atoms with Crippen LogP contribution in [0.2, 0.25) is 39.3 Å². The van der Waals surface area contributed by atoms with Crippen LogP contribution in [-0.4, -0.2) is 27.2 Å². The molecular formula is C81H84N2Si2. The summed E-state index contributed by atoms with van der Waals surface area (Å²) in [6.07, 6.45) is 12.2. The number of hydrogen-bond acceptors (Lipinski definition) is 2. The molecule has 10 aromatic rings. The molecule has 4 heteroatoms. The molecule has 85 heavy (non-hydrogen) atoms. The van der Waals surface area contributed by atoms with Gasteiger partial charge in [-0.25, -0.2) is 0 Å². The molecule has 15 rings (SSSR count). The molecule has 5 aliphatic rings. The maximum absolute atomic E-state index is 2.78. The molecule has 0 N–H and O–H groups in total. The highest BCUT2D eigenvalue weighted by Gasteiger charge is 2.56. The van der Waals surface area contributed by atoms with E-state index in [0.29, 0.717) is 0 Å². The van der Waals surface area contributed by atoms with Gasteiger partial charge in [0.25, 0.3) is 0 Å². The minimum Gasteiger partial charge on any atom is -0.335 e. The van der Waals surface area contributed by atoms with Crippen molar-refractivity contribution in [2.24, 2.45) is 10.8 Å². The molecule has 0 radical (unpaired) electrons. The van der Waals surface area contributed by atoms with Gasteiger partial charge in [0.2, 0.25) is 0 Å². The van der Waals surface area contributed by atoms with Gasteiger partial charge >= 0.3 is 0 Å². The van der Waals surface area contributed by atoms with Gasteiger partial charge in [-0.05, 0) is 212 Å². The Morgan fingerprint density at radius 2 is 0.788 bits per heavy atom. The summed E-state index contributed by atoms with van der Waals surface area (Å²) in [5.41, 5.74) is 21.2. The second-order valence-corrected chi connectivity index (χ2v) is 39.8. The van der Waals surface area contributed by atoms with Gasteiger partial charge in [0.05, 0.1) is 21.6 Å². The van der Waals surface area contributed by atoms with Gasteiger partial charge in [0, 0.05) is 33.8 Å². The number of nitrogens with zero attached hydrogens (tertiary/aromatic N) is 2. The van der Waals surface area contributed by atoms with Crippen molar-refractivity contribution < 1.29 is 0 Å². The average Bonchev–Trinajstić information content (AvgIpc) is 1.60. The molecule has 0 bridgehead atoms. The van der Waals surface area contributed by atoms with Gasteiger partial charge < -0.3 is 9.80 Å². The van der Waals surface area contributed by atoms with E-state index in [4.69, 9.17) is 0 Å². The summed E-state index contributed by atoms with van der Waals surface area (Å²) in [6.45, 7) is 25.1. The number of benzene rings is 10. The highest BCUT2D eigenvalue weighted by Crippen LogP contribution is 2.63. The smallest absolute Gasteiger partial charge is 0.0775 e. The Morgan fingerprint density at radius 3 is 1.28 bits per heavy atom. The van der Waals surface area contributed by atoms with E-state index in [2.05, 4.69) is 283 Å². The minimum absolute atomic E-state index is 0.0239. The first-order valence-corrected chi connectivity index (χ1v) is 39.2. The molecule has 2 nitrogen and oxygen atoms in total. The highest BCUT2D eigenvalue weighted by molar-refractivity contribution is 6.89. The lowest BCUT2D eigenvalue weighted by molar-refractivity contribution is 0.0863. The quantitative estimate of drug-likeness (QED) is 0.111. The summed E-state index contributed by atoms with van der Waals surface area (Å²) in [6, 6.07) is 81.8. The molecule has 2 fully saturated rings. The van der Waals surface area contributed by atoms with Gasteiger partial charge in [-0.3, -0.25) is 0 Å². The third-order valence-corrected chi connectivity index (χ3v) is 27.0. The zero-order chi connectivity index (χ0) is 58.5. The predicted octanol–water partition coefficient (Wildman–Crippen LogP) is 20.8. The van der Waals surface area contributed by atoms with E-state index >= 15 is 0 Å². The van der Waals surface area contributed by atoms with Gasteiger partial charge in [-0.1, -0.05) is 235 Å². The standard InChI is InChI=1S/C81H84N2Si2/c1-77-45-19-21-47-79(77,3)82(63-33-37-65(38-34-63)84(5,6)7)73-43-31-55(49-59(73)53-77)57-29-41-69-71(51-57)67-27-17-18-28-68(67)75-70-42-30-58(52-72(70)81(76(69)75,61-23-13-11-14-24-61)62-25-15-12-16-26-62)56-32-44-74-60(50-56)54-78(2)46-20-22-48-80(78,4)83(74)64-35-39-66(40-36-64)85(8,9)10/h11-18,23-44,49-52H,19-22,45-48,53-54H2,1-10H3. The Balaban J connectivity index is 0.901. The predicted molar refractivity (Wildman–Crippen MR) is 370 cm³/mol. The summed E-state index contributed by atoms with van der Waals surface area (Å²) in [7, 11) is -2.92. The zero-order valence-corrected chi connectivity index (χ0v) is 54.1. The summed E-state index contributed by atoms with van der Waals surface area (Å²) < 4.78 is 0. The van der Waals surface area contributed by atoms with Crippen molar-refractivity contribution in [1.29, 1.82) is 0 Å². The topological polar surface area (TPSA) is 6.48 Å². The third-order valence-electron chi connectivity index (χ3n) is 22.8. The summed E-state index contributed by atoms with van der Waals surface area (Å²) in [5.74, 6) is 0. The maximum atomic E-state index is 2.78. The van der Waals surface area contributed by atoms with E-state index in [1.165, 1.54) is 173 Å². The Labute approximate surface area is 509 Å². The molecule has 426 valence electrons. The molecule has 0 saturated heterocycles. The van der Waals surface area contributed by atoms with E-state index in [9.17, 15) is 0 Å². The first-order chi connectivity index (χ1) is 40.8. The average molecular weight is 1140 g/mol. The lowest BCUT2D eigenvalue weighted by Crippen LogP contribution is -2.60. The molecule has 4 atom stereocenters. The fourth-order valence-corrected chi connectivity index (χ4v) is 20.0. The van der Waals surface area contributed by atoms with Crippen molar-refractivity contribution in [3.63, 3.8) is 0 Å². The van der Waals surface area contributed by atoms with E-state index < -0.39 is 21.6 Å². The van der Waals surface area contributed by atoms with E-state index in [1.54, 1.807) is 0 Å². The van der Waals surface area contributed by atoms with Gasteiger partial charge in [0.1, 0.15) is 0 Å². The molecular weight excluding hydrogens is 1060 g/mol. The monoisotopic (exact) mass is 1140 g/mol. The van der Waals surface area contributed by atoms with Crippen molar-refractivity contribution in [3.8, 4) is 33.4 Å². The van der Waals surface area contributed by atoms with Crippen LogP contribution in [0, 0.1) is 10.8 Å². The van der Waals surface area contributed by atoms with Gasteiger partial charge in [-0.2, -0.15) is 0 Å². The third kappa shape index (κ3) is 8.13. The van der Waals surface area contributed by atoms with E-state index in [1.807, 2.05) is 0 Å². The Morgan fingerprint density at radius 1 is 0.365 bits per heavy atom. The molecule has 0 amide bonds. The van der Waals surface area contributed by atoms with Crippen LogP contribution in [0.25, 0.3) is 54.9 Å². The number of anilines is 4. The Bertz CT molecular complexity index is 4240. The second-order valence-electron chi connectivity index (χ2n) is 29.7. The van der Waals surface area contributed by atoms with E-state index in [0.717, 1.165) is 12.8 Å². The van der Waals surface area contributed by atoms with Crippen LogP contribution in [0.15, 0.2) is 206 Å². The minimum atomic E-state index is -1.46. The molecule has 2 aliphatic heterocycles. The fourth-order valence-electron chi connectivity index (χ4n) is 17.7. The van der Waals surface area contributed by atoms with Crippen LogP contribution < -0.4 is 20.2 Å². The number of hydrogen-bond donors (Lipinski definition) is 0. The normalized spacial score (nSPS) is 23.2. The van der Waals surface area contributed by atoms with Gasteiger partial charge in [-0.15, -0.1) is 0 Å². The van der Waals surface area contributed by atoms with E-state index in [-0.39, 0.29) is 21.9 Å². The molecule has 10 aromatic carbocycles. The molecule has 2 saturated carbocycles. The zero-order valence-electron chi connectivity index (χ0n) is 52.1. The Kier molecular flexibility index (Phi) is 12.4. The van der Waals surface area contributed by atoms with Crippen molar-refractivity contribution in [3.05, 3.63) is 240 Å². The molecule has 0 aromatic heterocycles. The van der Waals surface area contributed by atoms with Crippen LogP contribution in [0.1, 0.15) is 112 Å². The largest absolute Gasteiger partial charge is 0.335 e. The van der Waals surface area contributed by atoms with Crippen molar-refractivity contribution in [2.75, 3.05) is 9.80 Å². The number of fused-ring (bicyclic) bond motifs is 12. The molecule has 0 spiro atoms. The van der Waals surface area contributed by atoms with Crippen LogP contribution in [0.3, 0.4) is 0 Å². The Hall–Kier alpha value is -7.25. The lowest BCUT2D eigenvalue weighted by Gasteiger charge is -2.60. The summed E-state index contributed by atoms with van der Waals surface area (Å²) >= 11 is 0. The van der Waals surface area contributed by atoms with Crippen molar-refractivity contribution in [2.45, 2.75) is 148 Å². The van der Waals surface area contributed by atoms with Crippen molar-refractivity contribution in [1.82, 2.24) is 0 Å². The highest BCUT2D eigenvalue weighted by atomic mass is 28.3. The lowest BCUT2D eigenvalue weighted by atomic mass is 9.57. The first kappa shape index (κ1) is 54.4. The van der Waals surface area contributed by atoms with Gasteiger partial charge in [0.15, 0.2) is 0 Å². The first-order valence-electron chi connectivity index (χ1n) is 32.2. The summed E-state index contributed by atoms with van der Waals surface area (Å²) in [4.78, 5) is 5.55. The molecule has 4 unspecified atom stereocenters. The number of rotatable bonds is 8. The van der Waals surface area contributed by atoms with Crippen molar-refractivity contribution >= 4 is 70.8 Å². The molecule has 3 aliphatic carbocycles. The van der Waals surface area contributed by atoms with Crippen LogP contribution in [0.5, 0.6) is 0 Å². The maximum Gasteiger partial charge on any atom is 0.0775 e. The SMILES string of the molecule is CC12CCCCC1(C)N(c1ccc([Si](C)(C)C)cc1)c1ccc(-c3ccc4c(c3)C(c3ccccc3)(c3ccccc3)c3c-4c4ccccc4c4cc(-c5ccc6c(c5)CC5(C)CCCCC5(C)N6c5ccc([Si](C)(C)C)cc5)ccc34)cc1C2. The van der Waals surface area contributed by atoms with Crippen LogP contribution >= 0.6 is 0 Å². The van der Waals surface area contributed by atoms with Crippen LogP contribution in [-0.2, 0) is 18.3 Å².